The van der Waals surface area contributed by atoms with Crippen LogP contribution in [0.1, 0.15) is 11.1 Å². The highest BCUT2D eigenvalue weighted by atomic mass is 79.9. The van der Waals surface area contributed by atoms with Gasteiger partial charge in [-0.2, -0.15) is 0 Å². The second kappa shape index (κ2) is 4.87. The lowest BCUT2D eigenvalue weighted by molar-refractivity contribution is 0.312. The molecule has 3 rings (SSSR count). The Morgan fingerprint density at radius 1 is 1.00 bits per heavy atom. The van der Waals surface area contributed by atoms with Crippen LogP contribution in [-0.4, -0.2) is 18.5 Å². The molecular weight excluding hydrogens is 286 g/mol. The molecule has 0 saturated heterocycles. The van der Waals surface area contributed by atoms with Crippen molar-refractivity contribution in [2.24, 2.45) is 0 Å². The molecule has 0 spiro atoms. The second-order valence-corrected chi connectivity index (χ2v) is 5.76. The van der Waals surface area contributed by atoms with Crippen molar-refractivity contribution in [3.63, 3.8) is 0 Å². The van der Waals surface area contributed by atoms with Gasteiger partial charge in [0.15, 0.2) is 0 Å². The van der Waals surface area contributed by atoms with Gasteiger partial charge in [0.1, 0.15) is 0 Å². The summed E-state index contributed by atoms with van der Waals surface area (Å²) in [7, 11) is 2.19. The average molecular weight is 302 g/mol. The van der Waals surface area contributed by atoms with Crippen LogP contribution in [0.5, 0.6) is 0 Å². The number of rotatable bonds is 1. The van der Waals surface area contributed by atoms with Gasteiger partial charge >= 0.3 is 0 Å². The lowest BCUT2D eigenvalue weighted by atomic mass is 9.91. The van der Waals surface area contributed by atoms with Gasteiger partial charge in [-0.15, -0.1) is 0 Å². The molecule has 0 fully saturated rings. The Hall–Kier alpha value is -1.12. The maximum Gasteiger partial charge on any atom is 0.0244 e. The van der Waals surface area contributed by atoms with Crippen LogP contribution in [0.25, 0.3) is 11.1 Å². The van der Waals surface area contributed by atoms with E-state index in [1.165, 1.54) is 26.7 Å². The quantitative estimate of drug-likeness (QED) is 0.766. The standard InChI is InChI=1S/C16H16BrN/c1-18-10-9-14-13(12-5-3-2-4-6-12)7-8-16(17)15(14)11-18/h2-8H,9-11H2,1H3. The number of hydrogen-bond donors (Lipinski definition) is 0. The molecule has 2 heteroatoms. The van der Waals surface area contributed by atoms with E-state index in [1.54, 1.807) is 0 Å². The molecule has 0 N–H and O–H groups in total. The van der Waals surface area contributed by atoms with E-state index >= 15 is 0 Å². The molecular formula is C16H16BrN. The van der Waals surface area contributed by atoms with Crippen LogP contribution in [0.15, 0.2) is 46.9 Å². The fourth-order valence-electron chi connectivity index (χ4n) is 2.66. The zero-order valence-corrected chi connectivity index (χ0v) is 12.1. The first-order valence-corrected chi connectivity index (χ1v) is 7.09. The number of halogens is 1. The zero-order valence-electron chi connectivity index (χ0n) is 10.5. The molecule has 1 aliphatic rings. The average Bonchev–Trinajstić information content (AvgIpc) is 2.41. The number of likely N-dealkylation sites (N-methyl/N-ethyl adjacent to an activating group) is 1. The van der Waals surface area contributed by atoms with E-state index in [4.69, 9.17) is 0 Å². The monoisotopic (exact) mass is 301 g/mol. The van der Waals surface area contributed by atoms with Gasteiger partial charge in [0.25, 0.3) is 0 Å². The van der Waals surface area contributed by atoms with E-state index in [-0.39, 0.29) is 0 Å². The summed E-state index contributed by atoms with van der Waals surface area (Å²) in [5.74, 6) is 0. The van der Waals surface area contributed by atoms with Crippen molar-refractivity contribution in [1.82, 2.24) is 4.90 Å². The van der Waals surface area contributed by atoms with Gasteiger partial charge in [-0.1, -0.05) is 52.3 Å². The molecule has 2 aromatic carbocycles. The lowest BCUT2D eigenvalue weighted by Crippen LogP contribution is -2.27. The summed E-state index contributed by atoms with van der Waals surface area (Å²) < 4.78 is 1.24. The fraction of sp³-hybridized carbons (Fsp3) is 0.250. The predicted octanol–water partition coefficient (Wildman–Crippen LogP) is 4.10. The van der Waals surface area contributed by atoms with Gasteiger partial charge < -0.3 is 4.90 Å². The SMILES string of the molecule is CN1CCc2c(-c3ccccc3)ccc(Br)c2C1. The molecule has 2 aromatic rings. The van der Waals surface area contributed by atoms with Crippen LogP contribution < -0.4 is 0 Å². The first-order chi connectivity index (χ1) is 8.75. The van der Waals surface area contributed by atoms with Crippen molar-refractivity contribution in [1.29, 1.82) is 0 Å². The highest BCUT2D eigenvalue weighted by Gasteiger charge is 2.19. The minimum atomic E-state index is 1.04. The van der Waals surface area contributed by atoms with Crippen molar-refractivity contribution in [2.45, 2.75) is 13.0 Å². The van der Waals surface area contributed by atoms with Crippen LogP contribution >= 0.6 is 15.9 Å². The van der Waals surface area contributed by atoms with Gasteiger partial charge in [0.05, 0.1) is 0 Å². The molecule has 18 heavy (non-hydrogen) atoms. The van der Waals surface area contributed by atoms with Gasteiger partial charge in [0, 0.05) is 17.6 Å². The zero-order chi connectivity index (χ0) is 12.5. The van der Waals surface area contributed by atoms with Crippen LogP contribution in [0.2, 0.25) is 0 Å². The summed E-state index contributed by atoms with van der Waals surface area (Å²) in [6.45, 7) is 2.18. The molecule has 0 aromatic heterocycles. The maximum atomic E-state index is 3.69. The van der Waals surface area contributed by atoms with Crippen molar-refractivity contribution >= 4 is 15.9 Å². The smallest absolute Gasteiger partial charge is 0.0244 e. The van der Waals surface area contributed by atoms with E-state index in [0.29, 0.717) is 0 Å². The summed E-state index contributed by atoms with van der Waals surface area (Å²) in [4.78, 5) is 2.38. The highest BCUT2D eigenvalue weighted by molar-refractivity contribution is 9.10. The van der Waals surface area contributed by atoms with E-state index < -0.39 is 0 Å². The van der Waals surface area contributed by atoms with Crippen LogP contribution in [0.4, 0.5) is 0 Å². The summed E-state index contributed by atoms with van der Waals surface area (Å²) in [6, 6.07) is 15.1. The Morgan fingerprint density at radius 3 is 2.56 bits per heavy atom. The summed E-state index contributed by atoms with van der Waals surface area (Å²) in [5, 5.41) is 0. The van der Waals surface area contributed by atoms with Crippen LogP contribution in [0.3, 0.4) is 0 Å². The Bertz CT molecular complexity index is 563. The van der Waals surface area contributed by atoms with Crippen molar-refractivity contribution in [2.75, 3.05) is 13.6 Å². The second-order valence-electron chi connectivity index (χ2n) is 4.91. The molecule has 0 aliphatic carbocycles. The van der Waals surface area contributed by atoms with Gasteiger partial charge in [-0.3, -0.25) is 0 Å². The largest absolute Gasteiger partial charge is 0.302 e. The first kappa shape index (κ1) is 11.9. The molecule has 1 nitrogen and oxygen atoms in total. The van der Waals surface area contributed by atoms with Crippen molar-refractivity contribution < 1.29 is 0 Å². The van der Waals surface area contributed by atoms with E-state index in [1.807, 2.05) is 0 Å². The summed E-state index contributed by atoms with van der Waals surface area (Å²) >= 11 is 3.69. The fourth-order valence-corrected chi connectivity index (χ4v) is 3.16. The Labute approximate surface area is 117 Å². The highest BCUT2D eigenvalue weighted by Crippen LogP contribution is 2.34. The summed E-state index contributed by atoms with van der Waals surface area (Å²) in [6.07, 6.45) is 1.13. The van der Waals surface area contributed by atoms with Crippen LogP contribution in [-0.2, 0) is 13.0 Å². The molecule has 0 unspecified atom stereocenters. The summed E-state index contributed by atoms with van der Waals surface area (Å²) in [5.41, 5.74) is 5.67. The van der Waals surface area contributed by atoms with Crippen LogP contribution in [0, 0.1) is 0 Å². The van der Waals surface area contributed by atoms with Crippen molar-refractivity contribution in [3.05, 3.63) is 58.1 Å². The molecule has 1 heterocycles. The first-order valence-electron chi connectivity index (χ1n) is 6.30. The third kappa shape index (κ3) is 2.11. The number of benzene rings is 2. The van der Waals surface area contributed by atoms with E-state index in [2.05, 4.69) is 70.3 Å². The molecule has 0 atom stereocenters. The Kier molecular flexibility index (Phi) is 3.23. The maximum absolute atomic E-state index is 3.69. The lowest BCUT2D eigenvalue weighted by Gasteiger charge is -2.28. The van der Waals surface area contributed by atoms with Gasteiger partial charge in [-0.05, 0) is 41.8 Å². The van der Waals surface area contributed by atoms with Gasteiger partial charge in [0.2, 0.25) is 0 Å². The topological polar surface area (TPSA) is 3.24 Å². The third-order valence-corrected chi connectivity index (χ3v) is 4.37. The molecule has 0 radical (unpaired) electrons. The molecule has 0 bridgehead atoms. The Morgan fingerprint density at radius 2 is 1.78 bits per heavy atom. The number of hydrogen-bond acceptors (Lipinski definition) is 1. The van der Waals surface area contributed by atoms with E-state index in [9.17, 15) is 0 Å². The number of nitrogens with zero attached hydrogens (tertiary/aromatic N) is 1. The molecule has 0 saturated carbocycles. The third-order valence-electron chi connectivity index (χ3n) is 3.63. The Balaban J connectivity index is 2.15. The van der Waals surface area contributed by atoms with Crippen molar-refractivity contribution in [3.8, 4) is 11.1 Å². The van der Waals surface area contributed by atoms with E-state index in [0.717, 1.165) is 19.5 Å². The normalized spacial score (nSPS) is 15.4. The molecule has 92 valence electrons. The number of fused-ring (bicyclic) bond motifs is 1. The minimum absolute atomic E-state index is 1.04. The molecule has 0 amide bonds. The predicted molar refractivity (Wildman–Crippen MR) is 79.6 cm³/mol. The minimum Gasteiger partial charge on any atom is -0.302 e. The molecule has 1 aliphatic heterocycles. The van der Waals surface area contributed by atoms with Gasteiger partial charge in [-0.25, -0.2) is 0 Å².